The van der Waals surface area contributed by atoms with Crippen molar-refractivity contribution in [3.8, 4) is 0 Å². The second-order valence-corrected chi connectivity index (χ2v) is 7.59. The Hall–Kier alpha value is -1.88. The highest BCUT2D eigenvalue weighted by molar-refractivity contribution is 5.94. The van der Waals surface area contributed by atoms with Crippen molar-refractivity contribution in [2.75, 3.05) is 6.61 Å². The SMILES string of the molecule is CCCCOC1CCc2c1c1cc(F)ccc1n2C(=O)OC(C)(C)C. The van der Waals surface area contributed by atoms with Crippen LogP contribution in [0.5, 0.6) is 0 Å². The van der Waals surface area contributed by atoms with Gasteiger partial charge in [0.15, 0.2) is 0 Å². The molecule has 0 radical (unpaired) electrons. The molecule has 1 aromatic carbocycles. The lowest BCUT2D eigenvalue weighted by Crippen LogP contribution is -2.27. The van der Waals surface area contributed by atoms with Gasteiger partial charge >= 0.3 is 6.09 Å². The van der Waals surface area contributed by atoms with E-state index in [9.17, 15) is 9.18 Å². The van der Waals surface area contributed by atoms with Gasteiger partial charge in [0, 0.05) is 23.3 Å². The maximum atomic E-state index is 13.9. The number of aromatic nitrogens is 1. The molecule has 0 amide bonds. The molecule has 0 aliphatic heterocycles. The van der Waals surface area contributed by atoms with Crippen molar-refractivity contribution < 1.29 is 18.7 Å². The molecule has 25 heavy (non-hydrogen) atoms. The Balaban J connectivity index is 2.06. The molecular weight excluding hydrogens is 321 g/mol. The summed E-state index contributed by atoms with van der Waals surface area (Å²) in [6.07, 6.45) is 3.08. The lowest BCUT2D eigenvalue weighted by molar-refractivity contribution is 0.0529. The third-order valence-corrected chi connectivity index (χ3v) is 4.43. The minimum absolute atomic E-state index is 0.0884. The van der Waals surface area contributed by atoms with Gasteiger partial charge < -0.3 is 9.47 Å². The Morgan fingerprint density at radius 3 is 2.80 bits per heavy atom. The van der Waals surface area contributed by atoms with E-state index in [1.165, 1.54) is 12.1 Å². The molecule has 4 nitrogen and oxygen atoms in total. The molecule has 0 saturated carbocycles. The average Bonchev–Trinajstić information content (AvgIpc) is 3.04. The van der Waals surface area contributed by atoms with Gasteiger partial charge in [-0.25, -0.2) is 13.8 Å². The summed E-state index contributed by atoms with van der Waals surface area (Å²) < 4.78 is 27.0. The minimum Gasteiger partial charge on any atom is -0.443 e. The van der Waals surface area contributed by atoms with Crippen LogP contribution >= 0.6 is 0 Å². The van der Waals surface area contributed by atoms with Crippen LogP contribution in [0.4, 0.5) is 9.18 Å². The van der Waals surface area contributed by atoms with Gasteiger partial charge in [-0.2, -0.15) is 0 Å². The number of nitrogens with zero attached hydrogens (tertiary/aromatic N) is 1. The van der Waals surface area contributed by atoms with Gasteiger partial charge in [0.25, 0.3) is 0 Å². The molecular formula is C20H26FNO3. The number of unbranched alkanes of at least 4 members (excludes halogenated alkanes) is 1. The third kappa shape index (κ3) is 3.56. The van der Waals surface area contributed by atoms with E-state index in [0.717, 1.165) is 42.3 Å². The van der Waals surface area contributed by atoms with E-state index in [1.807, 2.05) is 20.8 Å². The first-order valence-corrected chi connectivity index (χ1v) is 8.99. The highest BCUT2D eigenvalue weighted by Crippen LogP contribution is 2.42. The molecule has 5 heteroatoms. The molecule has 3 rings (SSSR count). The fraction of sp³-hybridized carbons (Fsp3) is 0.550. The fourth-order valence-corrected chi connectivity index (χ4v) is 3.41. The van der Waals surface area contributed by atoms with Gasteiger partial charge in [-0.05, 0) is 58.2 Å². The van der Waals surface area contributed by atoms with Crippen molar-refractivity contribution in [1.82, 2.24) is 4.57 Å². The van der Waals surface area contributed by atoms with Crippen LogP contribution in [0.1, 0.15) is 64.3 Å². The Kier molecular flexibility index (Phi) is 4.87. The molecule has 1 aliphatic carbocycles. The molecule has 0 spiro atoms. The number of carbonyl (C=O) groups is 1. The van der Waals surface area contributed by atoms with Crippen molar-refractivity contribution in [2.24, 2.45) is 0 Å². The van der Waals surface area contributed by atoms with E-state index in [2.05, 4.69) is 6.92 Å². The molecule has 136 valence electrons. The molecule has 0 saturated heterocycles. The predicted octanol–water partition coefficient (Wildman–Crippen LogP) is 5.37. The number of ether oxygens (including phenoxy) is 2. The van der Waals surface area contributed by atoms with Crippen LogP contribution in [0.3, 0.4) is 0 Å². The Labute approximate surface area is 147 Å². The van der Waals surface area contributed by atoms with Crippen LogP contribution < -0.4 is 0 Å². The topological polar surface area (TPSA) is 40.5 Å². The number of carbonyl (C=O) groups excluding carboxylic acids is 1. The Morgan fingerprint density at radius 1 is 1.36 bits per heavy atom. The van der Waals surface area contributed by atoms with Crippen LogP contribution in [0, 0.1) is 5.82 Å². The van der Waals surface area contributed by atoms with Crippen LogP contribution in [0.15, 0.2) is 18.2 Å². The van der Waals surface area contributed by atoms with Crippen molar-refractivity contribution in [2.45, 2.75) is 65.1 Å². The summed E-state index contributed by atoms with van der Waals surface area (Å²) in [4.78, 5) is 12.8. The summed E-state index contributed by atoms with van der Waals surface area (Å²) in [5.41, 5.74) is 1.92. The molecule has 1 atom stereocenters. The predicted molar refractivity (Wildman–Crippen MR) is 95.5 cm³/mol. The van der Waals surface area contributed by atoms with Crippen molar-refractivity contribution >= 4 is 17.0 Å². The maximum Gasteiger partial charge on any atom is 0.419 e. The summed E-state index contributed by atoms with van der Waals surface area (Å²) in [6, 6.07) is 4.53. The lowest BCUT2D eigenvalue weighted by atomic mass is 10.1. The van der Waals surface area contributed by atoms with Crippen LogP contribution in [0.25, 0.3) is 10.9 Å². The second-order valence-electron chi connectivity index (χ2n) is 7.59. The quantitative estimate of drug-likeness (QED) is 0.698. The number of rotatable bonds is 4. The normalized spacial score (nSPS) is 17.1. The third-order valence-electron chi connectivity index (χ3n) is 4.43. The van der Waals surface area contributed by atoms with Crippen LogP contribution in [-0.4, -0.2) is 22.9 Å². The van der Waals surface area contributed by atoms with E-state index in [-0.39, 0.29) is 11.9 Å². The summed E-state index contributed by atoms with van der Waals surface area (Å²) in [6.45, 7) is 8.32. The fourth-order valence-electron chi connectivity index (χ4n) is 3.41. The number of fused-ring (bicyclic) bond motifs is 3. The van der Waals surface area contributed by atoms with Gasteiger partial charge in [-0.3, -0.25) is 0 Å². The zero-order chi connectivity index (χ0) is 18.2. The first-order chi connectivity index (χ1) is 11.8. The zero-order valence-electron chi connectivity index (χ0n) is 15.4. The average molecular weight is 347 g/mol. The highest BCUT2D eigenvalue weighted by atomic mass is 19.1. The standard InChI is InChI=1S/C20H26FNO3/c1-5-6-11-24-17-10-9-16-18(17)14-12-13(21)7-8-15(14)22(16)19(23)25-20(2,3)4/h7-8,12,17H,5-6,9-11H2,1-4H3. The van der Waals surface area contributed by atoms with E-state index >= 15 is 0 Å². The van der Waals surface area contributed by atoms with Crippen molar-refractivity contribution in [1.29, 1.82) is 0 Å². The minimum atomic E-state index is -0.587. The smallest absolute Gasteiger partial charge is 0.419 e. The second kappa shape index (κ2) is 6.79. The zero-order valence-corrected chi connectivity index (χ0v) is 15.4. The van der Waals surface area contributed by atoms with E-state index in [0.29, 0.717) is 12.1 Å². The summed E-state index contributed by atoms with van der Waals surface area (Å²) in [7, 11) is 0. The van der Waals surface area contributed by atoms with Gasteiger partial charge in [-0.1, -0.05) is 13.3 Å². The molecule has 2 aromatic rings. The van der Waals surface area contributed by atoms with E-state index in [1.54, 1.807) is 10.6 Å². The molecule has 1 aliphatic rings. The molecule has 0 bridgehead atoms. The number of hydrogen-bond donors (Lipinski definition) is 0. The Morgan fingerprint density at radius 2 is 2.12 bits per heavy atom. The summed E-state index contributed by atoms with van der Waals surface area (Å²) >= 11 is 0. The van der Waals surface area contributed by atoms with E-state index in [4.69, 9.17) is 9.47 Å². The van der Waals surface area contributed by atoms with Gasteiger partial charge in [0.1, 0.15) is 11.4 Å². The highest BCUT2D eigenvalue weighted by Gasteiger charge is 2.33. The van der Waals surface area contributed by atoms with Crippen LogP contribution in [-0.2, 0) is 15.9 Å². The Bertz CT molecular complexity index is 788. The number of benzene rings is 1. The number of hydrogen-bond acceptors (Lipinski definition) is 3. The van der Waals surface area contributed by atoms with Gasteiger partial charge in [-0.15, -0.1) is 0 Å². The van der Waals surface area contributed by atoms with Crippen LogP contribution in [0.2, 0.25) is 0 Å². The van der Waals surface area contributed by atoms with Gasteiger partial charge in [0.2, 0.25) is 0 Å². The first kappa shape index (κ1) is 17.9. The molecule has 1 aromatic heterocycles. The van der Waals surface area contributed by atoms with Gasteiger partial charge in [0.05, 0.1) is 11.6 Å². The molecule has 1 unspecified atom stereocenters. The number of halogens is 1. The molecule has 0 fully saturated rings. The van der Waals surface area contributed by atoms with Crippen molar-refractivity contribution in [3.05, 3.63) is 35.3 Å². The first-order valence-electron chi connectivity index (χ1n) is 8.99. The molecule has 0 N–H and O–H groups in total. The monoisotopic (exact) mass is 347 g/mol. The molecule has 1 heterocycles. The largest absolute Gasteiger partial charge is 0.443 e. The lowest BCUT2D eigenvalue weighted by Gasteiger charge is -2.20. The van der Waals surface area contributed by atoms with Crippen molar-refractivity contribution in [3.63, 3.8) is 0 Å². The maximum absolute atomic E-state index is 13.9. The summed E-state index contributed by atoms with van der Waals surface area (Å²) in [5, 5.41) is 0.750. The van der Waals surface area contributed by atoms with E-state index < -0.39 is 11.7 Å². The summed E-state index contributed by atoms with van der Waals surface area (Å²) in [5.74, 6) is -0.309.